The van der Waals surface area contributed by atoms with Crippen LogP contribution in [0.3, 0.4) is 0 Å². The molecule has 110 valence electrons. The minimum Gasteiger partial charge on any atom is -0.494 e. The van der Waals surface area contributed by atoms with E-state index in [1.165, 1.54) is 25.3 Å². The molecule has 1 saturated heterocycles. The number of amides is 1. The molecule has 2 rings (SSSR count). The molecule has 1 atom stereocenters. The Kier molecular flexibility index (Phi) is 4.95. The highest BCUT2D eigenvalue weighted by molar-refractivity contribution is 5.94. The van der Waals surface area contributed by atoms with Gasteiger partial charge in [0.2, 0.25) is 0 Å². The van der Waals surface area contributed by atoms with Crippen LogP contribution in [-0.4, -0.2) is 44.6 Å². The van der Waals surface area contributed by atoms with E-state index in [1.807, 2.05) is 0 Å². The van der Waals surface area contributed by atoms with Gasteiger partial charge < -0.3 is 15.0 Å². The van der Waals surface area contributed by atoms with Crippen molar-refractivity contribution in [3.05, 3.63) is 29.6 Å². The number of nitrogens with zero attached hydrogens (tertiary/aromatic N) is 1. The summed E-state index contributed by atoms with van der Waals surface area (Å²) < 4.78 is 18.3. The minimum atomic E-state index is -0.455. The molecule has 1 aromatic carbocycles. The van der Waals surface area contributed by atoms with Crippen LogP contribution in [-0.2, 0) is 0 Å². The summed E-state index contributed by atoms with van der Waals surface area (Å²) in [5, 5.41) is 3.34. The first-order valence-electron chi connectivity index (χ1n) is 6.91. The van der Waals surface area contributed by atoms with Crippen molar-refractivity contribution in [1.29, 1.82) is 0 Å². The van der Waals surface area contributed by atoms with Gasteiger partial charge in [0.1, 0.15) is 0 Å². The molecule has 0 aliphatic carbocycles. The Bertz CT molecular complexity index is 473. The highest BCUT2D eigenvalue weighted by Gasteiger charge is 2.19. The smallest absolute Gasteiger partial charge is 0.253 e. The second kappa shape index (κ2) is 6.70. The number of nitrogens with one attached hydrogen (secondary N) is 1. The number of hydrogen-bond donors (Lipinski definition) is 1. The fraction of sp³-hybridized carbons (Fsp3) is 0.533. The van der Waals surface area contributed by atoms with E-state index in [0.29, 0.717) is 18.0 Å². The number of halogens is 1. The number of rotatable bonds is 4. The fourth-order valence-electron chi connectivity index (χ4n) is 2.56. The molecule has 0 saturated carbocycles. The lowest BCUT2D eigenvalue weighted by Crippen LogP contribution is -2.39. The molecule has 1 heterocycles. The molecule has 1 aliphatic rings. The molecule has 1 aromatic rings. The molecule has 1 aliphatic heterocycles. The second-order valence-electron chi connectivity index (χ2n) is 5.25. The average Bonchev–Trinajstić information content (AvgIpc) is 2.48. The maximum Gasteiger partial charge on any atom is 0.253 e. The largest absolute Gasteiger partial charge is 0.494 e. The number of carbonyl (C=O) groups is 1. The van der Waals surface area contributed by atoms with E-state index >= 15 is 0 Å². The molecule has 4 nitrogen and oxygen atoms in total. The van der Waals surface area contributed by atoms with Crippen LogP contribution in [0.4, 0.5) is 4.39 Å². The third kappa shape index (κ3) is 3.48. The summed E-state index contributed by atoms with van der Waals surface area (Å²) in [5.41, 5.74) is 0.453. The maximum atomic E-state index is 13.3. The summed E-state index contributed by atoms with van der Waals surface area (Å²) in [6.07, 6.45) is 2.29. The van der Waals surface area contributed by atoms with Gasteiger partial charge in [-0.25, -0.2) is 4.39 Å². The SMILES string of the molecule is COc1cc(C(=O)N(C)CC2CCCNC2)ccc1F. The molecular formula is C15H21FN2O2. The number of benzene rings is 1. The van der Waals surface area contributed by atoms with Crippen LogP contribution in [0.5, 0.6) is 5.75 Å². The summed E-state index contributed by atoms with van der Waals surface area (Å²) >= 11 is 0. The molecule has 0 radical (unpaired) electrons. The zero-order valence-corrected chi connectivity index (χ0v) is 12.0. The van der Waals surface area contributed by atoms with Gasteiger partial charge in [0.25, 0.3) is 5.91 Å². The van der Waals surface area contributed by atoms with Crippen LogP contribution < -0.4 is 10.1 Å². The lowest BCUT2D eigenvalue weighted by atomic mass is 9.99. The van der Waals surface area contributed by atoms with Gasteiger partial charge in [0.15, 0.2) is 11.6 Å². The van der Waals surface area contributed by atoms with Crippen LogP contribution in [0, 0.1) is 11.7 Å². The predicted molar refractivity (Wildman–Crippen MR) is 75.5 cm³/mol. The highest BCUT2D eigenvalue weighted by Crippen LogP contribution is 2.20. The highest BCUT2D eigenvalue weighted by atomic mass is 19.1. The zero-order valence-electron chi connectivity index (χ0n) is 12.0. The second-order valence-corrected chi connectivity index (χ2v) is 5.25. The van der Waals surface area contributed by atoms with Crippen molar-refractivity contribution >= 4 is 5.91 Å². The summed E-state index contributed by atoms with van der Waals surface area (Å²) in [7, 11) is 3.18. The quantitative estimate of drug-likeness (QED) is 0.916. The van der Waals surface area contributed by atoms with E-state index in [1.54, 1.807) is 11.9 Å². The van der Waals surface area contributed by atoms with E-state index in [4.69, 9.17) is 4.74 Å². The lowest BCUT2D eigenvalue weighted by molar-refractivity contribution is 0.0764. The molecule has 0 bridgehead atoms. The normalized spacial score (nSPS) is 18.6. The van der Waals surface area contributed by atoms with Crippen LogP contribution in [0.25, 0.3) is 0 Å². The zero-order chi connectivity index (χ0) is 14.5. The van der Waals surface area contributed by atoms with Crippen molar-refractivity contribution in [2.45, 2.75) is 12.8 Å². The average molecular weight is 280 g/mol. The van der Waals surface area contributed by atoms with Gasteiger partial charge in [0, 0.05) is 19.2 Å². The molecule has 0 spiro atoms. The monoisotopic (exact) mass is 280 g/mol. The van der Waals surface area contributed by atoms with Crippen molar-refractivity contribution in [1.82, 2.24) is 10.2 Å². The Morgan fingerprint density at radius 1 is 1.55 bits per heavy atom. The third-order valence-corrected chi connectivity index (χ3v) is 3.68. The molecule has 5 heteroatoms. The molecule has 1 fully saturated rings. The van der Waals surface area contributed by atoms with E-state index in [-0.39, 0.29) is 11.7 Å². The third-order valence-electron chi connectivity index (χ3n) is 3.68. The Balaban J connectivity index is 2.02. The molecule has 1 N–H and O–H groups in total. The number of methoxy groups -OCH3 is 1. The van der Waals surface area contributed by atoms with Crippen LogP contribution in [0.1, 0.15) is 23.2 Å². The molecule has 0 aromatic heterocycles. The van der Waals surface area contributed by atoms with E-state index in [0.717, 1.165) is 25.9 Å². The first-order valence-corrected chi connectivity index (χ1v) is 6.91. The Morgan fingerprint density at radius 2 is 2.35 bits per heavy atom. The molecule has 20 heavy (non-hydrogen) atoms. The summed E-state index contributed by atoms with van der Waals surface area (Å²) in [4.78, 5) is 14.0. The topological polar surface area (TPSA) is 41.6 Å². The summed E-state index contributed by atoms with van der Waals surface area (Å²) in [5.74, 6) is 0.0284. The van der Waals surface area contributed by atoms with Crippen LogP contribution in [0.15, 0.2) is 18.2 Å². The standard InChI is InChI=1S/C15H21FN2O2/c1-18(10-11-4-3-7-17-9-11)15(19)12-5-6-13(16)14(8-12)20-2/h5-6,8,11,17H,3-4,7,9-10H2,1-2H3. The van der Waals surface area contributed by atoms with Gasteiger partial charge in [0.05, 0.1) is 7.11 Å². The van der Waals surface area contributed by atoms with Crippen molar-refractivity contribution in [3.63, 3.8) is 0 Å². The van der Waals surface area contributed by atoms with Crippen molar-refractivity contribution < 1.29 is 13.9 Å². The minimum absolute atomic E-state index is 0.101. The van der Waals surface area contributed by atoms with Gasteiger partial charge in [-0.2, -0.15) is 0 Å². The first kappa shape index (κ1) is 14.8. The van der Waals surface area contributed by atoms with Crippen molar-refractivity contribution in [3.8, 4) is 5.75 Å². The number of piperidine rings is 1. The van der Waals surface area contributed by atoms with Crippen LogP contribution in [0.2, 0.25) is 0 Å². The van der Waals surface area contributed by atoms with Crippen molar-refractivity contribution in [2.75, 3.05) is 33.8 Å². The van der Waals surface area contributed by atoms with Gasteiger partial charge in [-0.15, -0.1) is 0 Å². The molecule has 1 amide bonds. The Morgan fingerprint density at radius 3 is 3.00 bits per heavy atom. The van der Waals surface area contributed by atoms with Gasteiger partial charge >= 0.3 is 0 Å². The van der Waals surface area contributed by atoms with Gasteiger partial charge in [-0.1, -0.05) is 0 Å². The van der Waals surface area contributed by atoms with Gasteiger partial charge in [-0.3, -0.25) is 4.79 Å². The number of hydrogen-bond acceptors (Lipinski definition) is 3. The van der Waals surface area contributed by atoms with E-state index in [2.05, 4.69) is 5.32 Å². The van der Waals surface area contributed by atoms with E-state index in [9.17, 15) is 9.18 Å². The van der Waals surface area contributed by atoms with E-state index < -0.39 is 5.82 Å². The Hall–Kier alpha value is -1.62. The van der Waals surface area contributed by atoms with Crippen molar-refractivity contribution in [2.24, 2.45) is 5.92 Å². The molecule has 1 unspecified atom stereocenters. The number of carbonyl (C=O) groups excluding carboxylic acids is 1. The molecular weight excluding hydrogens is 259 g/mol. The first-order chi connectivity index (χ1) is 9.61. The fourth-order valence-corrected chi connectivity index (χ4v) is 2.56. The lowest BCUT2D eigenvalue weighted by Gasteiger charge is -2.27. The summed E-state index contributed by atoms with van der Waals surface area (Å²) in [6, 6.07) is 4.21. The van der Waals surface area contributed by atoms with Crippen LogP contribution >= 0.6 is 0 Å². The number of ether oxygens (including phenoxy) is 1. The predicted octanol–water partition coefficient (Wildman–Crippen LogP) is 1.91. The Labute approximate surface area is 118 Å². The summed E-state index contributed by atoms with van der Waals surface area (Å²) in [6.45, 7) is 2.72. The maximum absolute atomic E-state index is 13.3. The van der Waals surface area contributed by atoms with Gasteiger partial charge in [-0.05, 0) is 50.0 Å².